The molecule has 2 aromatic carbocycles. The number of hydrogen-bond acceptors (Lipinski definition) is 3. The van der Waals surface area contributed by atoms with Crippen LogP contribution in [0.5, 0.6) is 5.75 Å². The first kappa shape index (κ1) is 21.4. The van der Waals surface area contributed by atoms with Crippen LogP contribution in [0.25, 0.3) is 0 Å². The Morgan fingerprint density at radius 3 is 2.46 bits per heavy atom. The Balaban J connectivity index is 0.00000225. The van der Waals surface area contributed by atoms with Gasteiger partial charge in [0.2, 0.25) is 0 Å². The Labute approximate surface area is 186 Å². The topological polar surface area (TPSA) is 35.7 Å². The first-order valence-corrected chi connectivity index (χ1v) is 10.0. The molecule has 0 spiro atoms. The van der Waals surface area contributed by atoms with E-state index in [0.717, 1.165) is 55.1 Å². The standard InChI is InChI=1S/C21H23Cl2N2O2.BrH/c1-27-17-9-7-16(8-10-17)24-14-21(26,15-6-11-18(22)19(23)13-15)25-12-4-2-3-5-20(24)25;/h6-11,13,26H,2-5,12,14H2,1H3;1H/q+1;/p-1. The third-order valence-electron chi connectivity index (χ3n) is 5.50. The van der Waals surface area contributed by atoms with E-state index in [1.807, 2.05) is 30.3 Å². The number of nitrogens with zero attached hydrogens (tertiary/aromatic N) is 2. The molecule has 4 nitrogen and oxygen atoms in total. The van der Waals surface area contributed by atoms with Crippen LogP contribution in [0.15, 0.2) is 42.5 Å². The van der Waals surface area contributed by atoms with E-state index in [1.165, 1.54) is 0 Å². The summed E-state index contributed by atoms with van der Waals surface area (Å²) in [5, 5.41) is 12.7. The van der Waals surface area contributed by atoms with Crippen molar-refractivity contribution in [2.45, 2.75) is 31.4 Å². The summed E-state index contributed by atoms with van der Waals surface area (Å²) in [5.41, 5.74) is 0.689. The molecule has 2 aliphatic rings. The quantitative estimate of drug-likeness (QED) is 0.671. The van der Waals surface area contributed by atoms with Crippen molar-refractivity contribution in [2.75, 3.05) is 25.1 Å². The fraction of sp³-hybridized carbons (Fsp3) is 0.381. The summed E-state index contributed by atoms with van der Waals surface area (Å²) in [6.45, 7) is 1.27. The van der Waals surface area contributed by atoms with Crippen LogP contribution in [0.2, 0.25) is 10.0 Å². The zero-order valence-corrected chi connectivity index (χ0v) is 18.8. The summed E-state index contributed by atoms with van der Waals surface area (Å²) in [7, 11) is 1.66. The van der Waals surface area contributed by atoms with Crippen LogP contribution in [-0.4, -0.2) is 35.7 Å². The summed E-state index contributed by atoms with van der Waals surface area (Å²) < 4.78 is 7.42. The van der Waals surface area contributed by atoms with Gasteiger partial charge in [-0.2, -0.15) is 0 Å². The van der Waals surface area contributed by atoms with Gasteiger partial charge in [-0.1, -0.05) is 29.3 Å². The lowest BCUT2D eigenvalue weighted by Gasteiger charge is -2.24. The predicted octanol–water partition coefficient (Wildman–Crippen LogP) is 1.66. The zero-order valence-electron chi connectivity index (χ0n) is 15.7. The van der Waals surface area contributed by atoms with Gasteiger partial charge in [-0.25, -0.2) is 9.48 Å². The second kappa shape index (κ2) is 8.62. The molecule has 28 heavy (non-hydrogen) atoms. The minimum atomic E-state index is -1.13. The van der Waals surface area contributed by atoms with Crippen molar-refractivity contribution in [1.82, 2.24) is 0 Å². The number of β-amino-alcohol motifs (C(OH)–C–C–N with tert-alkyl or cyclic N) is 1. The normalized spacial score (nSPS) is 21.8. The van der Waals surface area contributed by atoms with Crippen molar-refractivity contribution in [3.63, 3.8) is 0 Å². The highest BCUT2D eigenvalue weighted by atomic mass is 79.9. The van der Waals surface area contributed by atoms with Crippen molar-refractivity contribution in [3.05, 3.63) is 58.1 Å². The average Bonchev–Trinajstić information content (AvgIpc) is 2.84. The van der Waals surface area contributed by atoms with Gasteiger partial charge in [0.15, 0.2) is 6.54 Å². The molecule has 1 atom stereocenters. The molecule has 0 bridgehead atoms. The van der Waals surface area contributed by atoms with Gasteiger partial charge in [-0.15, -0.1) is 0 Å². The number of ether oxygens (including phenoxy) is 1. The van der Waals surface area contributed by atoms with Crippen molar-refractivity contribution in [2.24, 2.45) is 0 Å². The number of benzene rings is 2. The number of anilines is 1. The Kier molecular flexibility index (Phi) is 6.60. The fourth-order valence-corrected chi connectivity index (χ4v) is 4.36. The van der Waals surface area contributed by atoms with Crippen LogP contribution in [0.4, 0.5) is 5.69 Å². The van der Waals surface area contributed by atoms with E-state index in [0.29, 0.717) is 16.6 Å². The number of hydrogen-bond donors (Lipinski definition) is 1. The van der Waals surface area contributed by atoms with Gasteiger partial charge in [-0.05, 0) is 55.7 Å². The third-order valence-corrected chi connectivity index (χ3v) is 6.24. The molecule has 2 aromatic rings. The molecule has 2 heterocycles. The largest absolute Gasteiger partial charge is 1.00 e. The lowest BCUT2D eigenvalue weighted by molar-refractivity contribution is -0.658. The molecule has 0 aliphatic carbocycles. The van der Waals surface area contributed by atoms with E-state index < -0.39 is 5.72 Å². The van der Waals surface area contributed by atoms with E-state index in [9.17, 15) is 5.11 Å². The lowest BCUT2D eigenvalue weighted by Crippen LogP contribution is -3.00. The Hall–Kier alpha value is -1.27. The molecule has 0 amide bonds. The predicted molar refractivity (Wildman–Crippen MR) is 109 cm³/mol. The summed E-state index contributed by atoms with van der Waals surface area (Å²) in [6.07, 6.45) is 4.28. The molecular formula is C21H23BrCl2N2O2. The second-order valence-corrected chi connectivity index (χ2v) is 7.92. The number of halogens is 3. The Morgan fingerprint density at radius 2 is 1.79 bits per heavy atom. The van der Waals surface area contributed by atoms with Crippen LogP contribution >= 0.6 is 23.2 Å². The number of aliphatic hydroxyl groups is 1. The monoisotopic (exact) mass is 484 g/mol. The summed E-state index contributed by atoms with van der Waals surface area (Å²) in [6, 6.07) is 13.4. The van der Waals surface area contributed by atoms with Gasteiger partial charge in [0.05, 0.1) is 23.7 Å². The van der Waals surface area contributed by atoms with E-state index in [-0.39, 0.29) is 17.0 Å². The molecule has 0 saturated carbocycles. The Morgan fingerprint density at radius 1 is 1.04 bits per heavy atom. The molecule has 0 fully saturated rings. The zero-order chi connectivity index (χ0) is 19.0. The number of methoxy groups -OCH3 is 1. The maximum atomic E-state index is 11.8. The van der Waals surface area contributed by atoms with E-state index in [4.69, 9.17) is 27.9 Å². The smallest absolute Gasteiger partial charge is 0.271 e. The third kappa shape index (κ3) is 3.78. The van der Waals surface area contributed by atoms with Gasteiger partial charge in [0, 0.05) is 12.0 Å². The molecular weight excluding hydrogens is 463 g/mol. The molecule has 4 rings (SSSR count). The van der Waals surface area contributed by atoms with Crippen molar-refractivity contribution in [1.29, 1.82) is 0 Å². The maximum absolute atomic E-state index is 11.8. The molecule has 0 radical (unpaired) electrons. The van der Waals surface area contributed by atoms with Crippen molar-refractivity contribution in [3.8, 4) is 5.75 Å². The first-order valence-electron chi connectivity index (χ1n) is 9.26. The summed E-state index contributed by atoms with van der Waals surface area (Å²) in [4.78, 5) is 2.22. The van der Waals surface area contributed by atoms with E-state index in [1.54, 1.807) is 19.2 Å². The van der Waals surface area contributed by atoms with Crippen LogP contribution in [0, 0.1) is 0 Å². The molecule has 0 saturated heterocycles. The molecule has 2 aliphatic heterocycles. The van der Waals surface area contributed by atoms with Gasteiger partial charge >= 0.3 is 0 Å². The minimum Gasteiger partial charge on any atom is -1.00 e. The van der Waals surface area contributed by atoms with Crippen molar-refractivity contribution >= 4 is 34.7 Å². The highest BCUT2D eigenvalue weighted by molar-refractivity contribution is 6.42. The Bertz CT molecular complexity index is 888. The lowest BCUT2D eigenvalue weighted by atomic mass is 10.0. The van der Waals surface area contributed by atoms with E-state index >= 15 is 0 Å². The maximum Gasteiger partial charge on any atom is 0.271 e. The minimum absolute atomic E-state index is 0. The molecule has 150 valence electrons. The first-order chi connectivity index (χ1) is 13.0. The summed E-state index contributed by atoms with van der Waals surface area (Å²) >= 11 is 12.3. The van der Waals surface area contributed by atoms with E-state index in [2.05, 4.69) is 9.48 Å². The fourth-order valence-electron chi connectivity index (χ4n) is 4.06. The molecule has 0 aromatic heterocycles. The molecule has 7 heteroatoms. The SMILES string of the molecule is COc1ccc(N2CC(O)(c3ccc(Cl)c(Cl)c3)[N+]3=C2CCCCC3)cc1.[Br-]. The van der Waals surface area contributed by atoms with Gasteiger partial charge in [0.25, 0.3) is 11.6 Å². The highest BCUT2D eigenvalue weighted by Gasteiger charge is 2.52. The average molecular weight is 486 g/mol. The van der Waals surface area contributed by atoms with Crippen LogP contribution in [0.1, 0.15) is 31.2 Å². The van der Waals surface area contributed by atoms with Crippen LogP contribution < -0.4 is 26.6 Å². The molecule has 1 unspecified atom stereocenters. The summed E-state index contributed by atoms with van der Waals surface area (Å²) in [5.74, 6) is 1.98. The van der Waals surface area contributed by atoms with Gasteiger partial charge in [-0.3, -0.25) is 0 Å². The van der Waals surface area contributed by atoms with Gasteiger partial charge in [0.1, 0.15) is 11.4 Å². The highest BCUT2D eigenvalue weighted by Crippen LogP contribution is 2.37. The number of amidine groups is 1. The van der Waals surface area contributed by atoms with Gasteiger partial charge < -0.3 is 26.8 Å². The van der Waals surface area contributed by atoms with Crippen LogP contribution in [0.3, 0.4) is 0 Å². The number of rotatable bonds is 3. The van der Waals surface area contributed by atoms with Crippen LogP contribution in [-0.2, 0) is 5.72 Å². The van der Waals surface area contributed by atoms with Crippen molar-refractivity contribution < 1.29 is 31.4 Å². The second-order valence-electron chi connectivity index (χ2n) is 7.11. The molecule has 1 N–H and O–H groups in total.